The Labute approximate surface area is 113 Å². The smallest absolute Gasteiger partial charge is 0.270 e. The molecule has 1 fully saturated rings. The third-order valence-corrected chi connectivity index (χ3v) is 3.92. The number of rotatable bonds is 2. The maximum Gasteiger partial charge on any atom is 0.270 e. The summed E-state index contributed by atoms with van der Waals surface area (Å²) < 4.78 is 0. The molecule has 0 saturated carbocycles. The summed E-state index contributed by atoms with van der Waals surface area (Å²) in [6.07, 6.45) is 4.51. The van der Waals surface area contributed by atoms with E-state index in [1.807, 2.05) is 4.90 Å². The van der Waals surface area contributed by atoms with E-state index < -0.39 is 0 Å². The lowest BCUT2D eigenvalue weighted by atomic mass is 9.98. The molecular weight excluding hydrogens is 240 g/mol. The van der Waals surface area contributed by atoms with Gasteiger partial charge in [-0.05, 0) is 32.1 Å². The molecule has 1 aliphatic heterocycles. The average molecular weight is 262 g/mol. The van der Waals surface area contributed by atoms with Crippen molar-refractivity contribution in [2.75, 3.05) is 13.1 Å². The Morgan fingerprint density at radius 1 is 1.37 bits per heavy atom. The van der Waals surface area contributed by atoms with Crippen LogP contribution >= 0.6 is 0 Å². The van der Waals surface area contributed by atoms with Crippen molar-refractivity contribution in [2.24, 2.45) is 5.92 Å². The molecule has 0 radical (unpaired) electrons. The van der Waals surface area contributed by atoms with Gasteiger partial charge in [0, 0.05) is 30.9 Å². The summed E-state index contributed by atoms with van der Waals surface area (Å²) in [5, 5.41) is 0. The highest BCUT2D eigenvalue weighted by Crippen LogP contribution is 2.20. The van der Waals surface area contributed by atoms with Crippen LogP contribution in [0.25, 0.3) is 0 Å². The molecule has 104 valence electrons. The minimum atomic E-state index is -0.110. The second-order valence-electron chi connectivity index (χ2n) is 5.41. The van der Waals surface area contributed by atoms with Crippen LogP contribution in [0.2, 0.25) is 0 Å². The van der Waals surface area contributed by atoms with E-state index >= 15 is 0 Å². The molecule has 2 rings (SSSR count). The summed E-state index contributed by atoms with van der Waals surface area (Å²) in [5.74, 6) is 0.687. The van der Waals surface area contributed by atoms with Crippen LogP contribution in [0.3, 0.4) is 0 Å². The van der Waals surface area contributed by atoms with E-state index in [0.29, 0.717) is 5.69 Å². The third kappa shape index (κ3) is 3.46. The molecule has 1 N–H and O–H groups in total. The first-order chi connectivity index (χ1) is 9.10. The Morgan fingerprint density at radius 2 is 2.16 bits per heavy atom. The summed E-state index contributed by atoms with van der Waals surface area (Å²) in [6, 6.07) is 2.91. The fraction of sp³-hybridized carbons (Fsp3) is 0.600. The zero-order valence-corrected chi connectivity index (χ0v) is 11.7. The predicted octanol–water partition coefficient (Wildman–Crippen LogP) is 2.34. The van der Waals surface area contributed by atoms with Gasteiger partial charge in [-0.2, -0.15) is 0 Å². The molecule has 0 bridgehead atoms. The van der Waals surface area contributed by atoms with Gasteiger partial charge in [0.2, 0.25) is 0 Å². The number of H-pyrrole nitrogens is 1. The van der Waals surface area contributed by atoms with Crippen LogP contribution in [-0.2, 0) is 0 Å². The number of hydrogen-bond donors (Lipinski definition) is 1. The van der Waals surface area contributed by atoms with E-state index in [9.17, 15) is 9.59 Å². The molecule has 1 amide bonds. The Balaban J connectivity index is 2.12. The van der Waals surface area contributed by atoms with E-state index in [1.165, 1.54) is 25.0 Å². The van der Waals surface area contributed by atoms with Crippen molar-refractivity contribution in [1.82, 2.24) is 9.88 Å². The van der Waals surface area contributed by atoms with Crippen molar-refractivity contribution in [3.8, 4) is 0 Å². The Morgan fingerprint density at radius 3 is 2.84 bits per heavy atom. The molecule has 1 aliphatic rings. The molecule has 2 heterocycles. The predicted molar refractivity (Wildman–Crippen MR) is 75.3 cm³/mol. The van der Waals surface area contributed by atoms with E-state index in [2.05, 4.69) is 11.9 Å². The van der Waals surface area contributed by atoms with E-state index in [0.717, 1.165) is 37.5 Å². The van der Waals surface area contributed by atoms with Crippen LogP contribution in [0.4, 0.5) is 0 Å². The fourth-order valence-corrected chi connectivity index (χ4v) is 2.74. The first-order valence-corrected chi connectivity index (χ1v) is 7.10. The highest BCUT2D eigenvalue weighted by atomic mass is 16.2. The molecule has 4 nitrogen and oxygen atoms in total. The minimum absolute atomic E-state index is 0.0439. The van der Waals surface area contributed by atoms with Crippen LogP contribution in [0, 0.1) is 12.8 Å². The van der Waals surface area contributed by atoms with Gasteiger partial charge in [0.05, 0.1) is 0 Å². The lowest BCUT2D eigenvalue weighted by molar-refractivity contribution is 0.0753. The number of nitrogens with one attached hydrogen (secondary N) is 1. The molecule has 1 atom stereocenters. The van der Waals surface area contributed by atoms with Crippen molar-refractivity contribution in [3.63, 3.8) is 0 Å². The molecular formula is C15H22N2O2. The van der Waals surface area contributed by atoms with Gasteiger partial charge in [-0.1, -0.05) is 13.3 Å². The molecule has 0 aliphatic carbocycles. The molecule has 19 heavy (non-hydrogen) atoms. The standard InChI is InChI=1S/C15H22N2O2/c1-3-12-5-4-7-17(8-6-12)15(19)14-10-13(18)9-11(2)16-14/h9-10,12H,3-8H2,1-2H3,(H,16,18). The van der Waals surface area contributed by atoms with E-state index in [4.69, 9.17) is 0 Å². The van der Waals surface area contributed by atoms with Gasteiger partial charge in [-0.15, -0.1) is 0 Å². The van der Waals surface area contributed by atoms with Gasteiger partial charge >= 0.3 is 0 Å². The molecule has 1 unspecified atom stereocenters. The number of carbonyl (C=O) groups is 1. The number of nitrogens with zero attached hydrogens (tertiary/aromatic N) is 1. The summed E-state index contributed by atoms with van der Waals surface area (Å²) in [7, 11) is 0. The highest BCUT2D eigenvalue weighted by Gasteiger charge is 2.21. The monoisotopic (exact) mass is 262 g/mol. The number of hydrogen-bond acceptors (Lipinski definition) is 2. The lowest BCUT2D eigenvalue weighted by Crippen LogP contribution is -2.33. The molecule has 1 aromatic heterocycles. The second kappa shape index (κ2) is 6.04. The van der Waals surface area contributed by atoms with Gasteiger partial charge in [-0.3, -0.25) is 9.59 Å². The van der Waals surface area contributed by atoms with Crippen molar-refractivity contribution >= 4 is 5.91 Å². The summed E-state index contributed by atoms with van der Waals surface area (Å²) in [5.41, 5.74) is 1.04. The molecule has 0 aromatic carbocycles. The molecule has 1 aromatic rings. The number of likely N-dealkylation sites (tertiary alicyclic amines) is 1. The minimum Gasteiger partial charge on any atom is -0.354 e. The maximum atomic E-state index is 12.4. The SMILES string of the molecule is CCC1CCCN(C(=O)c2cc(=O)cc(C)[nH]2)CC1. The van der Waals surface area contributed by atoms with Crippen LogP contribution in [0.5, 0.6) is 0 Å². The molecule has 0 spiro atoms. The fourth-order valence-electron chi connectivity index (χ4n) is 2.74. The van der Waals surface area contributed by atoms with Gasteiger partial charge in [0.15, 0.2) is 5.43 Å². The number of aryl methyl sites for hydroxylation is 1. The summed E-state index contributed by atoms with van der Waals surface area (Å²) in [6.45, 7) is 5.60. The number of aromatic nitrogens is 1. The highest BCUT2D eigenvalue weighted by molar-refractivity contribution is 5.92. The number of carbonyl (C=O) groups excluding carboxylic acids is 1. The quantitative estimate of drug-likeness (QED) is 0.889. The Bertz CT molecular complexity index is 507. The lowest BCUT2D eigenvalue weighted by Gasteiger charge is -2.20. The van der Waals surface area contributed by atoms with Crippen molar-refractivity contribution in [1.29, 1.82) is 0 Å². The normalized spacial score (nSPS) is 20.1. The Kier molecular flexibility index (Phi) is 4.40. The average Bonchev–Trinajstić information content (AvgIpc) is 2.61. The van der Waals surface area contributed by atoms with E-state index in [-0.39, 0.29) is 11.3 Å². The second-order valence-corrected chi connectivity index (χ2v) is 5.41. The summed E-state index contributed by atoms with van der Waals surface area (Å²) in [4.78, 5) is 28.8. The van der Waals surface area contributed by atoms with Crippen molar-refractivity contribution in [3.05, 3.63) is 33.7 Å². The van der Waals surface area contributed by atoms with Crippen LogP contribution in [-0.4, -0.2) is 28.9 Å². The first-order valence-electron chi connectivity index (χ1n) is 7.10. The van der Waals surface area contributed by atoms with Crippen molar-refractivity contribution < 1.29 is 4.79 Å². The number of aromatic amines is 1. The van der Waals surface area contributed by atoms with Crippen LogP contribution in [0.1, 0.15) is 48.8 Å². The third-order valence-electron chi connectivity index (χ3n) is 3.92. The van der Waals surface area contributed by atoms with Gasteiger partial charge in [0.1, 0.15) is 5.69 Å². The van der Waals surface area contributed by atoms with Crippen LogP contribution < -0.4 is 5.43 Å². The topological polar surface area (TPSA) is 53.2 Å². The Hall–Kier alpha value is -1.58. The molecule has 4 heteroatoms. The zero-order valence-electron chi connectivity index (χ0n) is 11.7. The van der Waals surface area contributed by atoms with E-state index in [1.54, 1.807) is 6.92 Å². The van der Waals surface area contributed by atoms with Gasteiger partial charge in [-0.25, -0.2) is 0 Å². The largest absolute Gasteiger partial charge is 0.354 e. The summed E-state index contributed by atoms with van der Waals surface area (Å²) >= 11 is 0. The first kappa shape index (κ1) is 13.8. The zero-order chi connectivity index (χ0) is 13.8. The molecule has 1 saturated heterocycles. The number of amides is 1. The van der Waals surface area contributed by atoms with Crippen molar-refractivity contribution in [2.45, 2.75) is 39.5 Å². The maximum absolute atomic E-state index is 12.4. The van der Waals surface area contributed by atoms with Crippen LogP contribution in [0.15, 0.2) is 16.9 Å². The van der Waals surface area contributed by atoms with Gasteiger partial charge < -0.3 is 9.88 Å². The number of pyridine rings is 1. The van der Waals surface area contributed by atoms with Gasteiger partial charge in [0.25, 0.3) is 5.91 Å².